The van der Waals surface area contributed by atoms with E-state index in [1.165, 1.54) is 6.42 Å². The van der Waals surface area contributed by atoms with Crippen LogP contribution in [0.1, 0.15) is 34.1 Å². The molecular weight excluding hydrogens is 162 g/mol. The molecule has 0 amide bonds. The van der Waals surface area contributed by atoms with Crippen LogP contribution in [0.15, 0.2) is 0 Å². The molecule has 2 nitrogen and oxygen atoms in total. The van der Waals surface area contributed by atoms with Crippen LogP contribution in [-0.2, 0) is 4.74 Å². The summed E-state index contributed by atoms with van der Waals surface area (Å²) in [5.74, 6) is 0. The summed E-state index contributed by atoms with van der Waals surface area (Å²) in [5.41, 5.74) is 0.794. The summed E-state index contributed by atoms with van der Waals surface area (Å²) in [7, 11) is 0. The lowest BCUT2D eigenvalue weighted by Gasteiger charge is -2.40. The molecular formula is C11H21NO. The molecule has 2 rings (SSSR count). The van der Waals surface area contributed by atoms with Gasteiger partial charge in [-0.3, -0.25) is 4.90 Å². The van der Waals surface area contributed by atoms with Crippen LogP contribution >= 0.6 is 0 Å². The van der Waals surface area contributed by atoms with Crippen molar-refractivity contribution in [3.8, 4) is 0 Å². The van der Waals surface area contributed by atoms with Gasteiger partial charge in [0.15, 0.2) is 0 Å². The average molecular weight is 183 g/mol. The Balaban J connectivity index is 2.25. The van der Waals surface area contributed by atoms with Crippen molar-refractivity contribution >= 4 is 0 Å². The van der Waals surface area contributed by atoms with Crippen molar-refractivity contribution in [2.75, 3.05) is 19.8 Å². The standard InChI is InChI=1S/C11H21NO/c1-10(2)8-11(3,4)12-5-6-13-7-9(10)12/h9H,5-8H2,1-4H3/t9-/m0/s1. The molecule has 2 aliphatic heterocycles. The Labute approximate surface area is 81.3 Å². The molecule has 13 heavy (non-hydrogen) atoms. The second kappa shape index (κ2) is 2.71. The predicted octanol–water partition coefficient (Wildman–Crippen LogP) is 1.90. The fraction of sp³-hybridized carbons (Fsp3) is 1.00. The largest absolute Gasteiger partial charge is 0.378 e. The molecule has 2 heteroatoms. The molecule has 2 fully saturated rings. The average Bonchev–Trinajstić information content (AvgIpc) is 2.20. The van der Waals surface area contributed by atoms with Crippen LogP contribution < -0.4 is 0 Å². The van der Waals surface area contributed by atoms with E-state index in [1.807, 2.05) is 0 Å². The molecule has 2 aliphatic rings. The highest BCUT2D eigenvalue weighted by Crippen LogP contribution is 2.46. The third kappa shape index (κ3) is 1.40. The Kier molecular flexibility index (Phi) is 1.97. The highest BCUT2D eigenvalue weighted by molar-refractivity contribution is 5.05. The first kappa shape index (κ1) is 9.47. The normalized spacial score (nSPS) is 37.4. The van der Waals surface area contributed by atoms with Crippen LogP contribution in [0.5, 0.6) is 0 Å². The van der Waals surface area contributed by atoms with E-state index in [9.17, 15) is 0 Å². The van der Waals surface area contributed by atoms with E-state index in [1.54, 1.807) is 0 Å². The van der Waals surface area contributed by atoms with Crippen molar-refractivity contribution in [2.45, 2.75) is 45.7 Å². The fourth-order valence-electron chi connectivity index (χ4n) is 3.31. The van der Waals surface area contributed by atoms with E-state index < -0.39 is 0 Å². The van der Waals surface area contributed by atoms with E-state index in [0.29, 0.717) is 17.0 Å². The van der Waals surface area contributed by atoms with Gasteiger partial charge in [-0.1, -0.05) is 13.8 Å². The van der Waals surface area contributed by atoms with Crippen molar-refractivity contribution in [1.82, 2.24) is 4.90 Å². The first-order valence-electron chi connectivity index (χ1n) is 5.28. The zero-order valence-electron chi connectivity index (χ0n) is 9.26. The quantitative estimate of drug-likeness (QED) is 0.568. The van der Waals surface area contributed by atoms with E-state index in [2.05, 4.69) is 32.6 Å². The van der Waals surface area contributed by atoms with Gasteiger partial charge in [-0.2, -0.15) is 0 Å². The molecule has 1 atom stereocenters. The smallest absolute Gasteiger partial charge is 0.0627 e. The Morgan fingerprint density at radius 1 is 1.23 bits per heavy atom. The Bertz CT molecular complexity index is 188. The van der Waals surface area contributed by atoms with E-state index >= 15 is 0 Å². The minimum Gasteiger partial charge on any atom is -0.378 e. The van der Waals surface area contributed by atoms with Gasteiger partial charge in [0, 0.05) is 18.1 Å². The van der Waals surface area contributed by atoms with Crippen LogP contribution in [0.4, 0.5) is 0 Å². The van der Waals surface area contributed by atoms with Gasteiger partial charge < -0.3 is 4.74 Å². The van der Waals surface area contributed by atoms with Crippen molar-refractivity contribution in [3.63, 3.8) is 0 Å². The maximum Gasteiger partial charge on any atom is 0.0627 e. The minimum absolute atomic E-state index is 0.373. The zero-order chi connectivity index (χ0) is 9.69. The second-order valence-corrected chi connectivity index (χ2v) is 5.76. The Morgan fingerprint density at radius 2 is 1.92 bits per heavy atom. The van der Waals surface area contributed by atoms with Gasteiger partial charge >= 0.3 is 0 Å². The van der Waals surface area contributed by atoms with Crippen LogP contribution in [0.25, 0.3) is 0 Å². The summed E-state index contributed by atoms with van der Waals surface area (Å²) in [4.78, 5) is 2.64. The summed E-state index contributed by atoms with van der Waals surface area (Å²) in [5, 5.41) is 0. The summed E-state index contributed by atoms with van der Waals surface area (Å²) in [6.45, 7) is 12.4. The van der Waals surface area contributed by atoms with Gasteiger partial charge in [0.2, 0.25) is 0 Å². The topological polar surface area (TPSA) is 12.5 Å². The maximum atomic E-state index is 5.57. The van der Waals surface area contributed by atoms with E-state index in [0.717, 1.165) is 19.8 Å². The van der Waals surface area contributed by atoms with Gasteiger partial charge in [0.25, 0.3) is 0 Å². The highest BCUT2D eigenvalue weighted by atomic mass is 16.5. The number of rotatable bonds is 0. The molecule has 2 saturated heterocycles. The van der Waals surface area contributed by atoms with Crippen molar-refractivity contribution in [3.05, 3.63) is 0 Å². The maximum absolute atomic E-state index is 5.57. The summed E-state index contributed by atoms with van der Waals surface area (Å²) in [6, 6.07) is 0.635. The van der Waals surface area contributed by atoms with Crippen LogP contribution in [0.3, 0.4) is 0 Å². The van der Waals surface area contributed by atoms with Gasteiger partial charge in [0.05, 0.1) is 13.2 Å². The molecule has 0 spiro atoms. The van der Waals surface area contributed by atoms with Crippen molar-refractivity contribution < 1.29 is 4.74 Å². The SMILES string of the molecule is CC1(C)CC(C)(C)N2CCOC[C@H]21. The third-order valence-electron chi connectivity index (χ3n) is 3.70. The Morgan fingerprint density at radius 3 is 2.54 bits per heavy atom. The molecule has 0 bridgehead atoms. The van der Waals surface area contributed by atoms with E-state index in [-0.39, 0.29) is 0 Å². The second-order valence-electron chi connectivity index (χ2n) is 5.76. The summed E-state index contributed by atoms with van der Waals surface area (Å²) in [6.07, 6.45) is 1.29. The predicted molar refractivity (Wildman–Crippen MR) is 53.8 cm³/mol. The Hall–Kier alpha value is -0.0800. The number of hydrogen-bond donors (Lipinski definition) is 0. The number of morpholine rings is 1. The van der Waals surface area contributed by atoms with Gasteiger partial charge in [-0.05, 0) is 25.7 Å². The molecule has 0 aliphatic carbocycles. The summed E-state index contributed by atoms with van der Waals surface area (Å²) < 4.78 is 5.57. The molecule has 0 aromatic heterocycles. The molecule has 0 unspecified atom stereocenters. The van der Waals surface area contributed by atoms with Gasteiger partial charge in [-0.15, -0.1) is 0 Å². The molecule has 76 valence electrons. The lowest BCUT2D eigenvalue weighted by Crippen LogP contribution is -2.51. The van der Waals surface area contributed by atoms with Gasteiger partial charge in [0.1, 0.15) is 0 Å². The molecule has 2 heterocycles. The lowest BCUT2D eigenvalue weighted by molar-refractivity contribution is -0.0388. The monoisotopic (exact) mass is 183 g/mol. The highest BCUT2D eigenvalue weighted by Gasteiger charge is 2.51. The molecule has 0 radical (unpaired) electrons. The number of fused-ring (bicyclic) bond motifs is 1. The first-order valence-corrected chi connectivity index (χ1v) is 5.28. The third-order valence-corrected chi connectivity index (χ3v) is 3.70. The number of hydrogen-bond acceptors (Lipinski definition) is 2. The molecule has 0 aromatic carbocycles. The van der Waals surface area contributed by atoms with Crippen LogP contribution in [0, 0.1) is 5.41 Å². The fourth-order valence-corrected chi connectivity index (χ4v) is 3.31. The zero-order valence-corrected chi connectivity index (χ0v) is 9.26. The number of ether oxygens (including phenoxy) is 1. The first-order chi connectivity index (χ1) is 5.93. The molecule has 0 saturated carbocycles. The van der Waals surface area contributed by atoms with E-state index in [4.69, 9.17) is 4.74 Å². The minimum atomic E-state index is 0.373. The molecule has 0 aromatic rings. The van der Waals surface area contributed by atoms with Gasteiger partial charge in [-0.25, -0.2) is 0 Å². The van der Waals surface area contributed by atoms with Crippen molar-refractivity contribution in [1.29, 1.82) is 0 Å². The van der Waals surface area contributed by atoms with Crippen LogP contribution in [-0.4, -0.2) is 36.2 Å². The molecule has 0 N–H and O–H groups in total. The van der Waals surface area contributed by atoms with Crippen LogP contribution in [0.2, 0.25) is 0 Å². The number of nitrogens with zero attached hydrogens (tertiary/aromatic N) is 1. The lowest BCUT2D eigenvalue weighted by atomic mass is 9.81. The summed E-state index contributed by atoms with van der Waals surface area (Å²) >= 11 is 0. The van der Waals surface area contributed by atoms with Crippen molar-refractivity contribution in [2.24, 2.45) is 5.41 Å².